The number of ether oxygens (including phenoxy) is 1. The molecule has 1 aliphatic rings. The fourth-order valence-electron chi connectivity index (χ4n) is 3.64. The normalized spacial score (nSPS) is 20.1. The van der Waals surface area contributed by atoms with E-state index in [4.69, 9.17) is 22.1 Å². The molecule has 1 saturated heterocycles. The molecule has 6 nitrogen and oxygen atoms in total. The van der Waals surface area contributed by atoms with Crippen LogP contribution in [0.15, 0.2) is 47.4 Å². The number of nitrogens with two attached hydrogens (primary N) is 1. The Morgan fingerprint density at radius 2 is 1.80 bits per heavy atom. The van der Waals surface area contributed by atoms with Crippen molar-refractivity contribution < 1.29 is 26.7 Å². The molecule has 0 saturated carbocycles. The van der Waals surface area contributed by atoms with E-state index in [-0.39, 0.29) is 26.1 Å². The van der Waals surface area contributed by atoms with E-state index in [1.807, 2.05) is 0 Å². The number of sulfonamides is 1. The topological polar surface area (TPSA) is 89.7 Å². The molecule has 3 rings (SSSR count). The summed E-state index contributed by atoms with van der Waals surface area (Å²) in [7, 11) is -4.17. The third kappa shape index (κ3) is 5.27. The van der Waals surface area contributed by atoms with Crippen molar-refractivity contribution >= 4 is 27.5 Å². The third-order valence-corrected chi connectivity index (χ3v) is 7.08. The van der Waals surface area contributed by atoms with Crippen molar-refractivity contribution in [3.8, 4) is 5.75 Å². The van der Waals surface area contributed by atoms with Gasteiger partial charge in [0.1, 0.15) is 17.4 Å². The molecule has 0 radical (unpaired) electrons. The van der Waals surface area contributed by atoms with Crippen LogP contribution in [0.25, 0.3) is 0 Å². The molecule has 1 aliphatic heterocycles. The van der Waals surface area contributed by atoms with Crippen molar-refractivity contribution in [3.63, 3.8) is 0 Å². The van der Waals surface area contributed by atoms with Crippen LogP contribution in [0.1, 0.15) is 19.3 Å². The highest BCUT2D eigenvalue weighted by molar-refractivity contribution is 7.89. The Morgan fingerprint density at radius 1 is 1.17 bits per heavy atom. The number of hydrogen-bond acceptors (Lipinski definition) is 4. The molecule has 2 aromatic carbocycles. The van der Waals surface area contributed by atoms with Gasteiger partial charge < -0.3 is 10.5 Å². The lowest BCUT2D eigenvalue weighted by atomic mass is 9.78. The van der Waals surface area contributed by atoms with Gasteiger partial charge in [0.2, 0.25) is 15.9 Å². The Labute approximate surface area is 178 Å². The minimum Gasteiger partial charge on any atom is -0.493 e. The smallest absolute Gasteiger partial charge is 0.243 e. The molecule has 162 valence electrons. The van der Waals surface area contributed by atoms with E-state index >= 15 is 0 Å². The molecule has 10 heteroatoms. The second kappa shape index (κ2) is 8.87. The molecule has 1 atom stereocenters. The Balaban J connectivity index is 1.85. The molecular weight excluding hydrogens is 438 g/mol. The predicted molar refractivity (Wildman–Crippen MR) is 108 cm³/mol. The number of nitrogens with zero attached hydrogens (tertiary/aromatic N) is 1. The van der Waals surface area contributed by atoms with E-state index in [0.29, 0.717) is 29.7 Å². The number of piperidine rings is 1. The summed E-state index contributed by atoms with van der Waals surface area (Å²) < 4.78 is 60.1. The lowest BCUT2D eigenvalue weighted by molar-refractivity contribution is -0.121. The molecule has 2 aromatic rings. The maximum Gasteiger partial charge on any atom is 0.243 e. The SMILES string of the molecule is NC(=O)C[C@@]1(COc2ccc(Cl)cc2)CCCN(S(=O)(=O)c2cc(F)cc(F)c2)C1. The lowest BCUT2D eigenvalue weighted by Crippen LogP contribution is -2.50. The highest BCUT2D eigenvalue weighted by Gasteiger charge is 2.42. The third-order valence-electron chi connectivity index (χ3n) is 5.01. The molecule has 1 amide bonds. The van der Waals surface area contributed by atoms with Crippen molar-refractivity contribution in [1.82, 2.24) is 4.31 Å². The monoisotopic (exact) mass is 458 g/mol. The molecule has 0 aromatic heterocycles. The van der Waals surface area contributed by atoms with Crippen molar-refractivity contribution in [2.75, 3.05) is 19.7 Å². The summed E-state index contributed by atoms with van der Waals surface area (Å²) in [6, 6.07) is 8.76. The summed E-state index contributed by atoms with van der Waals surface area (Å²) >= 11 is 5.86. The summed E-state index contributed by atoms with van der Waals surface area (Å²) in [5.74, 6) is -2.05. The summed E-state index contributed by atoms with van der Waals surface area (Å²) in [6.45, 7) is 0.132. The first-order valence-corrected chi connectivity index (χ1v) is 11.0. The van der Waals surface area contributed by atoms with E-state index < -0.39 is 37.9 Å². The zero-order chi connectivity index (χ0) is 21.9. The lowest BCUT2D eigenvalue weighted by Gasteiger charge is -2.41. The summed E-state index contributed by atoms with van der Waals surface area (Å²) in [5.41, 5.74) is 4.55. The number of amides is 1. The molecule has 2 N–H and O–H groups in total. The van der Waals surface area contributed by atoms with E-state index in [1.54, 1.807) is 24.3 Å². The van der Waals surface area contributed by atoms with Crippen LogP contribution in [0.2, 0.25) is 5.02 Å². The first-order valence-electron chi connectivity index (χ1n) is 9.23. The number of hydrogen-bond donors (Lipinski definition) is 1. The molecule has 0 unspecified atom stereocenters. The zero-order valence-corrected chi connectivity index (χ0v) is 17.6. The molecule has 0 bridgehead atoms. The van der Waals surface area contributed by atoms with Gasteiger partial charge in [0.05, 0.1) is 11.5 Å². The number of benzene rings is 2. The Hall–Kier alpha value is -2.23. The fourth-order valence-corrected chi connectivity index (χ4v) is 5.40. The van der Waals surface area contributed by atoms with Crippen LogP contribution < -0.4 is 10.5 Å². The van der Waals surface area contributed by atoms with Gasteiger partial charge in [0, 0.05) is 36.0 Å². The van der Waals surface area contributed by atoms with Gasteiger partial charge in [-0.1, -0.05) is 11.6 Å². The number of halogens is 3. The first-order chi connectivity index (χ1) is 14.1. The van der Waals surface area contributed by atoms with Crippen molar-refractivity contribution in [3.05, 3.63) is 59.1 Å². The van der Waals surface area contributed by atoms with E-state index in [1.165, 1.54) is 0 Å². The molecule has 30 heavy (non-hydrogen) atoms. The first kappa shape index (κ1) is 22.5. The van der Waals surface area contributed by atoms with Crippen LogP contribution in [-0.2, 0) is 14.8 Å². The maximum atomic E-state index is 13.6. The number of carbonyl (C=O) groups is 1. The average molecular weight is 459 g/mol. The van der Waals surface area contributed by atoms with Gasteiger partial charge >= 0.3 is 0 Å². The minimum atomic E-state index is -4.17. The van der Waals surface area contributed by atoms with Crippen molar-refractivity contribution in [2.45, 2.75) is 24.2 Å². The van der Waals surface area contributed by atoms with E-state index in [2.05, 4.69) is 0 Å². The van der Waals surface area contributed by atoms with E-state index in [9.17, 15) is 22.0 Å². The highest BCUT2D eigenvalue weighted by Crippen LogP contribution is 2.37. The highest BCUT2D eigenvalue weighted by atomic mass is 35.5. The fraction of sp³-hybridized carbons (Fsp3) is 0.350. The largest absolute Gasteiger partial charge is 0.493 e. The second-order valence-electron chi connectivity index (χ2n) is 7.43. The average Bonchev–Trinajstić information content (AvgIpc) is 2.66. The molecule has 1 fully saturated rings. The van der Waals surface area contributed by atoms with Gasteiger partial charge in [-0.3, -0.25) is 4.79 Å². The van der Waals surface area contributed by atoms with Gasteiger partial charge in [-0.15, -0.1) is 0 Å². The van der Waals surface area contributed by atoms with Gasteiger partial charge in [-0.05, 0) is 49.2 Å². The minimum absolute atomic E-state index is 0.0428. The molecule has 0 aliphatic carbocycles. The van der Waals surface area contributed by atoms with Crippen LogP contribution >= 0.6 is 11.6 Å². The van der Waals surface area contributed by atoms with Gasteiger partial charge in [0.15, 0.2) is 0 Å². The molecular formula is C20H21ClF2N2O4S. The number of carbonyl (C=O) groups excluding carboxylic acids is 1. The van der Waals surface area contributed by atoms with Crippen molar-refractivity contribution in [2.24, 2.45) is 11.1 Å². The summed E-state index contributed by atoms with van der Waals surface area (Å²) in [4.78, 5) is 11.2. The number of primary amides is 1. The zero-order valence-electron chi connectivity index (χ0n) is 16.0. The predicted octanol–water partition coefficient (Wildman–Crippen LogP) is 3.34. The maximum absolute atomic E-state index is 13.6. The Kier molecular flexibility index (Phi) is 6.64. The van der Waals surface area contributed by atoms with Gasteiger partial charge in [0.25, 0.3) is 0 Å². The van der Waals surface area contributed by atoms with Gasteiger partial charge in [-0.2, -0.15) is 4.31 Å². The summed E-state index contributed by atoms with van der Waals surface area (Å²) in [6.07, 6.45) is 0.853. The Bertz CT molecular complexity index is 1010. The second-order valence-corrected chi connectivity index (χ2v) is 9.81. The van der Waals surface area contributed by atoms with Crippen LogP contribution in [-0.4, -0.2) is 38.3 Å². The molecule has 1 heterocycles. The number of rotatable bonds is 7. The standard InChI is InChI=1S/C20H21ClF2N2O4S/c21-14-2-4-17(5-3-14)29-13-20(11-19(24)26)6-1-7-25(12-20)30(27,28)18-9-15(22)8-16(23)10-18/h2-5,8-10H,1,6-7,11-13H2,(H2,24,26)/t20-/m0/s1. The van der Waals surface area contributed by atoms with Crippen LogP contribution in [0, 0.1) is 17.0 Å². The summed E-state index contributed by atoms with van der Waals surface area (Å²) in [5, 5.41) is 0.534. The quantitative estimate of drug-likeness (QED) is 0.689. The van der Waals surface area contributed by atoms with Gasteiger partial charge in [-0.25, -0.2) is 17.2 Å². The molecule has 0 spiro atoms. The Morgan fingerprint density at radius 3 is 2.40 bits per heavy atom. The van der Waals surface area contributed by atoms with Crippen LogP contribution in [0.3, 0.4) is 0 Å². The van der Waals surface area contributed by atoms with Crippen LogP contribution in [0.4, 0.5) is 8.78 Å². The van der Waals surface area contributed by atoms with Crippen molar-refractivity contribution in [1.29, 1.82) is 0 Å². The van der Waals surface area contributed by atoms with Crippen LogP contribution in [0.5, 0.6) is 5.75 Å². The van der Waals surface area contributed by atoms with E-state index in [0.717, 1.165) is 16.4 Å².